The molecule has 1 unspecified atom stereocenters. The van der Waals surface area contributed by atoms with Gasteiger partial charge in [0.15, 0.2) is 0 Å². The molecule has 0 radical (unpaired) electrons. The number of carbonyl (C=O) groups is 1. The van der Waals surface area contributed by atoms with Crippen molar-refractivity contribution in [2.45, 2.75) is 39.2 Å². The summed E-state index contributed by atoms with van der Waals surface area (Å²) in [5.74, 6) is -0.171. The van der Waals surface area contributed by atoms with Gasteiger partial charge in [0.05, 0.1) is 13.8 Å². The lowest BCUT2D eigenvalue weighted by atomic mass is 10.8. The summed E-state index contributed by atoms with van der Waals surface area (Å²) in [6, 6.07) is 0. The lowest BCUT2D eigenvalue weighted by molar-refractivity contribution is -0.142. The standard InChI is InChI=1S/C7H16O2Si/c1-6(8)9-7(2)10(3,4)5/h7H,1-5H3. The smallest absolute Gasteiger partial charge is 0.302 e. The van der Waals surface area contributed by atoms with Crippen LogP contribution in [-0.2, 0) is 9.53 Å². The molecule has 0 aromatic heterocycles. The zero-order valence-corrected chi connectivity index (χ0v) is 8.39. The minimum Gasteiger partial charge on any atom is -0.467 e. The highest BCUT2D eigenvalue weighted by molar-refractivity contribution is 6.77. The SMILES string of the molecule is CC(=O)OC(C)[Si](C)(C)C. The van der Waals surface area contributed by atoms with Gasteiger partial charge in [0.1, 0.15) is 0 Å². The molecule has 0 aliphatic rings. The highest BCUT2D eigenvalue weighted by atomic mass is 28.3. The second-order valence-corrected chi connectivity index (χ2v) is 9.16. The molecule has 0 aliphatic heterocycles. The maximum atomic E-state index is 10.5. The van der Waals surface area contributed by atoms with Gasteiger partial charge in [0, 0.05) is 6.92 Å². The fraction of sp³-hybridized carbons (Fsp3) is 0.857. The number of ether oxygens (including phenoxy) is 1. The molecule has 0 aromatic rings. The maximum Gasteiger partial charge on any atom is 0.302 e. The molecule has 60 valence electrons. The van der Waals surface area contributed by atoms with E-state index in [1.165, 1.54) is 6.92 Å². The average Bonchev–Trinajstić information content (AvgIpc) is 1.60. The summed E-state index contributed by atoms with van der Waals surface area (Å²) in [4.78, 5) is 10.5. The summed E-state index contributed by atoms with van der Waals surface area (Å²) in [6.45, 7) is 9.96. The lowest BCUT2D eigenvalue weighted by Crippen LogP contribution is -2.38. The van der Waals surface area contributed by atoms with Crippen molar-refractivity contribution in [3.05, 3.63) is 0 Å². The van der Waals surface area contributed by atoms with Gasteiger partial charge in [0.2, 0.25) is 0 Å². The second kappa shape index (κ2) is 3.19. The molecule has 10 heavy (non-hydrogen) atoms. The minimum absolute atomic E-state index is 0.130. The predicted molar refractivity (Wildman–Crippen MR) is 44.6 cm³/mol. The van der Waals surface area contributed by atoms with Gasteiger partial charge >= 0.3 is 5.97 Å². The van der Waals surface area contributed by atoms with Crippen molar-refractivity contribution in [1.82, 2.24) is 0 Å². The van der Waals surface area contributed by atoms with Crippen molar-refractivity contribution >= 4 is 14.0 Å². The Kier molecular flexibility index (Phi) is 3.09. The summed E-state index contributed by atoms with van der Waals surface area (Å²) in [7, 11) is -1.27. The van der Waals surface area contributed by atoms with Crippen LogP contribution in [0.15, 0.2) is 0 Å². The Balaban J connectivity index is 3.85. The molecular formula is C7H16O2Si. The lowest BCUT2D eigenvalue weighted by Gasteiger charge is -2.24. The van der Waals surface area contributed by atoms with Crippen LogP contribution >= 0.6 is 0 Å². The Labute approximate surface area is 63.6 Å². The Morgan fingerprint density at radius 3 is 1.90 bits per heavy atom. The third-order valence-corrected chi connectivity index (χ3v) is 4.12. The van der Waals surface area contributed by atoms with E-state index in [4.69, 9.17) is 4.74 Å². The van der Waals surface area contributed by atoms with Crippen LogP contribution < -0.4 is 0 Å². The fourth-order valence-electron chi connectivity index (χ4n) is 0.426. The molecular weight excluding hydrogens is 144 g/mol. The van der Waals surface area contributed by atoms with Crippen LogP contribution in [0.3, 0.4) is 0 Å². The third kappa shape index (κ3) is 3.66. The number of carbonyl (C=O) groups excluding carboxylic acids is 1. The van der Waals surface area contributed by atoms with Gasteiger partial charge in [-0.05, 0) is 6.92 Å². The van der Waals surface area contributed by atoms with Gasteiger partial charge < -0.3 is 4.74 Å². The van der Waals surface area contributed by atoms with E-state index >= 15 is 0 Å². The number of esters is 1. The van der Waals surface area contributed by atoms with Crippen LogP contribution in [0.2, 0.25) is 19.6 Å². The Bertz CT molecular complexity index is 126. The van der Waals surface area contributed by atoms with E-state index in [1.807, 2.05) is 6.92 Å². The van der Waals surface area contributed by atoms with Crippen LogP contribution in [0.1, 0.15) is 13.8 Å². The van der Waals surface area contributed by atoms with E-state index in [1.54, 1.807) is 0 Å². The molecule has 3 heteroatoms. The molecule has 0 N–H and O–H groups in total. The molecule has 0 fully saturated rings. The summed E-state index contributed by atoms with van der Waals surface area (Å²) < 4.78 is 5.04. The molecule has 0 saturated heterocycles. The van der Waals surface area contributed by atoms with Crippen LogP contribution in [0.4, 0.5) is 0 Å². The Hall–Kier alpha value is -0.313. The average molecular weight is 160 g/mol. The van der Waals surface area contributed by atoms with Crippen LogP contribution in [-0.4, -0.2) is 19.8 Å². The van der Waals surface area contributed by atoms with E-state index in [0.29, 0.717) is 0 Å². The van der Waals surface area contributed by atoms with Crippen LogP contribution in [0.25, 0.3) is 0 Å². The van der Waals surface area contributed by atoms with Crippen LogP contribution in [0, 0.1) is 0 Å². The molecule has 0 bridgehead atoms. The van der Waals surface area contributed by atoms with E-state index < -0.39 is 8.07 Å². The van der Waals surface area contributed by atoms with Gasteiger partial charge in [-0.25, -0.2) is 0 Å². The zero-order valence-electron chi connectivity index (χ0n) is 7.39. The highest BCUT2D eigenvalue weighted by Gasteiger charge is 2.24. The molecule has 0 heterocycles. The molecule has 0 rings (SSSR count). The molecule has 0 saturated carbocycles. The van der Waals surface area contributed by atoms with Gasteiger partial charge in [-0.3, -0.25) is 4.79 Å². The topological polar surface area (TPSA) is 26.3 Å². The molecule has 0 spiro atoms. The number of hydrogen-bond acceptors (Lipinski definition) is 2. The molecule has 0 aromatic carbocycles. The summed E-state index contributed by atoms with van der Waals surface area (Å²) in [6.07, 6.45) is 0. The van der Waals surface area contributed by atoms with E-state index in [0.717, 1.165) is 0 Å². The summed E-state index contributed by atoms with van der Waals surface area (Å²) in [5.41, 5.74) is 0.130. The first-order valence-electron chi connectivity index (χ1n) is 3.51. The van der Waals surface area contributed by atoms with Crippen molar-refractivity contribution in [1.29, 1.82) is 0 Å². The first-order valence-corrected chi connectivity index (χ1v) is 7.09. The second-order valence-electron chi connectivity index (χ2n) is 3.62. The quantitative estimate of drug-likeness (QED) is 0.455. The van der Waals surface area contributed by atoms with Crippen molar-refractivity contribution in [2.24, 2.45) is 0 Å². The van der Waals surface area contributed by atoms with Crippen molar-refractivity contribution in [2.75, 3.05) is 0 Å². The maximum absolute atomic E-state index is 10.5. The zero-order chi connectivity index (χ0) is 8.36. The molecule has 1 atom stereocenters. The van der Waals surface area contributed by atoms with E-state index in [2.05, 4.69) is 19.6 Å². The monoisotopic (exact) mass is 160 g/mol. The Morgan fingerprint density at radius 1 is 1.40 bits per heavy atom. The fourth-order valence-corrected chi connectivity index (χ4v) is 0.945. The first kappa shape index (κ1) is 9.69. The Morgan fingerprint density at radius 2 is 1.80 bits per heavy atom. The number of rotatable bonds is 2. The van der Waals surface area contributed by atoms with Crippen molar-refractivity contribution in [3.8, 4) is 0 Å². The van der Waals surface area contributed by atoms with E-state index in [9.17, 15) is 4.79 Å². The van der Waals surface area contributed by atoms with Crippen molar-refractivity contribution in [3.63, 3.8) is 0 Å². The minimum atomic E-state index is -1.27. The first-order chi connectivity index (χ1) is 4.34. The largest absolute Gasteiger partial charge is 0.467 e. The molecule has 2 nitrogen and oxygen atoms in total. The number of hydrogen-bond donors (Lipinski definition) is 0. The van der Waals surface area contributed by atoms with Gasteiger partial charge in [0.25, 0.3) is 0 Å². The third-order valence-electron chi connectivity index (χ3n) is 1.56. The van der Waals surface area contributed by atoms with E-state index in [-0.39, 0.29) is 11.7 Å². The predicted octanol–water partition coefficient (Wildman–Crippen LogP) is 1.82. The van der Waals surface area contributed by atoms with Crippen LogP contribution in [0.5, 0.6) is 0 Å². The molecule has 0 amide bonds. The summed E-state index contributed by atoms with van der Waals surface area (Å²) >= 11 is 0. The van der Waals surface area contributed by atoms with Gasteiger partial charge in [-0.15, -0.1) is 0 Å². The normalized spacial score (nSPS) is 14.5. The van der Waals surface area contributed by atoms with Crippen molar-refractivity contribution < 1.29 is 9.53 Å². The van der Waals surface area contributed by atoms with Gasteiger partial charge in [-0.2, -0.15) is 0 Å². The van der Waals surface area contributed by atoms with Gasteiger partial charge in [-0.1, -0.05) is 19.6 Å². The highest BCUT2D eigenvalue weighted by Crippen LogP contribution is 2.10. The summed E-state index contributed by atoms with van der Waals surface area (Å²) in [5, 5.41) is 0. The molecule has 0 aliphatic carbocycles.